The van der Waals surface area contributed by atoms with Gasteiger partial charge in [0.2, 0.25) is 5.75 Å². The maximum atomic E-state index is 10.1. The fourth-order valence-electron chi connectivity index (χ4n) is 2.43. The van der Waals surface area contributed by atoms with E-state index in [4.69, 9.17) is 16.0 Å². The van der Waals surface area contributed by atoms with Crippen molar-refractivity contribution in [1.82, 2.24) is 4.98 Å². The highest BCUT2D eigenvalue weighted by molar-refractivity contribution is 7.13. The summed E-state index contributed by atoms with van der Waals surface area (Å²) >= 11 is 1.47. The van der Waals surface area contributed by atoms with Crippen molar-refractivity contribution < 1.29 is 14.6 Å². The Kier molecular flexibility index (Phi) is 5.15. The first-order valence-electron chi connectivity index (χ1n) is 7.59. The van der Waals surface area contributed by atoms with Crippen molar-refractivity contribution in [2.45, 2.75) is 0 Å². The van der Waals surface area contributed by atoms with E-state index in [1.165, 1.54) is 25.6 Å². The summed E-state index contributed by atoms with van der Waals surface area (Å²) in [4.78, 5) is 7.77. The van der Waals surface area contributed by atoms with Gasteiger partial charge in [-0.2, -0.15) is 6.57 Å². The summed E-state index contributed by atoms with van der Waals surface area (Å²) in [6, 6.07) is 13.0. The van der Waals surface area contributed by atoms with Gasteiger partial charge in [-0.25, -0.2) is 4.98 Å². The third-order valence-corrected chi connectivity index (χ3v) is 4.56. The Morgan fingerprint density at radius 2 is 1.81 bits per heavy atom. The zero-order valence-electron chi connectivity index (χ0n) is 14.1. The number of phenolic OH excluding ortho intramolecular Hbond substituents is 1. The molecule has 0 saturated carbocycles. The van der Waals surface area contributed by atoms with E-state index in [1.807, 2.05) is 35.7 Å². The molecule has 0 aliphatic rings. The van der Waals surface area contributed by atoms with Gasteiger partial charge in [0, 0.05) is 16.5 Å². The molecule has 0 unspecified atom stereocenters. The Labute approximate surface area is 154 Å². The molecule has 0 saturated heterocycles. The quantitative estimate of drug-likeness (QED) is 0.418. The largest absolute Gasteiger partial charge is 0.502 e. The maximum Gasteiger partial charge on any atom is 0.200 e. The Hall–Kier alpha value is -3.37. The molecule has 7 heteroatoms. The summed E-state index contributed by atoms with van der Waals surface area (Å²) < 4.78 is 10.4. The van der Waals surface area contributed by atoms with E-state index < -0.39 is 0 Å². The lowest BCUT2D eigenvalue weighted by atomic mass is 10.1. The average Bonchev–Trinajstić information content (AvgIpc) is 3.17. The van der Waals surface area contributed by atoms with Gasteiger partial charge in [-0.3, -0.25) is 0 Å². The molecule has 0 fully saturated rings. The summed E-state index contributed by atoms with van der Waals surface area (Å²) in [5, 5.41) is 16.7. The molecule has 0 atom stereocenters. The minimum atomic E-state index is -0.107. The highest BCUT2D eigenvalue weighted by Gasteiger charge is 2.20. The Morgan fingerprint density at radius 1 is 1.15 bits per heavy atom. The highest BCUT2D eigenvalue weighted by Crippen LogP contribution is 2.38. The summed E-state index contributed by atoms with van der Waals surface area (Å²) in [6.07, 6.45) is 0. The smallest absolute Gasteiger partial charge is 0.200 e. The van der Waals surface area contributed by atoms with Crippen LogP contribution in [0, 0.1) is 6.57 Å². The number of hydrogen-bond acceptors (Lipinski definition) is 6. The second kappa shape index (κ2) is 7.68. The molecule has 0 aliphatic carbocycles. The van der Waals surface area contributed by atoms with Gasteiger partial charge in [0.05, 0.1) is 19.3 Å². The molecule has 0 aliphatic heterocycles. The molecule has 0 bridgehead atoms. The summed E-state index contributed by atoms with van der Waals surface area (Å²) in [5.74, 6) is 0.357. The Morgan fingerprint density at radius 3 is 2.38 bits per heavy atom. The van der Waals surface area contributed by atoms with E-state index in [1.54, 1.807) is 12.1 Å². The van der Waals surface area contributed by atoms with Gasteiger partial charge in [0.1, 0.15) is 10.7 Å². The first kappa shape index (κ1) is 17.5. The standard InChI is InChI=1S/C19H15N3O3S/c1-20-22-17(13-9-15(24-2)18(23)16(10-13)25-3)14-11-26-19(21-14)12-7-5-4-6-8-12/h4-11,23H,2-3H3. The first-order chi connectivity index (χ1) is 12.7. The van der Waals surface area contributed by atoms with Crippen LogP contribution < -0.4 is 9.47 Å². The maximum absolute atomic E-state index is 10.1. The first-order valence-corrected chi connectivity index (χ1v) is 8.47. The van der Waals surface area contributed by atoms with Gasteiger partial charge in [-0.15, -0.1) is 16.3 Å². The minimum absolute atomic E-state index is 0.107. The third kappa shape index (κ3) is 3.36. The molecule has 0 spiro atoms. The average molecular weight is 365 g/mol. The topological polar surface area (TPSA) is 68.3 Å². The lowest BCUT2D eigenvalue weighted by Crippen LogP contribution is -2.05. The predicted molar refractivity (Wildman–Crippen MR) is 101 cm³/mol. The number of aromatic hydroxyl groups is 1. The number of nitrogens with zero attached hydrogens (tertiary/aromatic N) is 3. The zero-order chi connectivity index (χ0) is 18.5. The predicted octanol–water partition coefficient (Wildman–Crippen LogP) is 4.20. The van der Waals surface area contributed by atoms with Crippen molar-refractivity contribution in [1.29, 1.82) is 0 Å². The third-order valence-electron chi connectivity index (χ3n) is 3.67. The Bertz CT molecular complexity index is 966. The van der Waals surface area contributed by atoms with Crippen molar-refractivity contribution in [3.63, 3.8) is 0 Å². The summed E-state index contributed by atoms with van der Waals surface area (Å²) in [6.45, 7) is 7.14. The lowest BCUT2D eigenvalue weighted by Gasteiger charge is -2.10. The van der Waals surface area contributed by atoms with Crippen LogP contribution in [-0.4, -0.2) is 30.0 Å². The van der Waals surface area contributed by atoms with E-state index in [0.29, 0.717) is 17.0 Å². The van der Waals surface area contributed by atoms with Crippen molar-refractivity contribution in [3.8, 4) is 27.8 Å². The van der Waals surface area contributed by atoms with E-state index in [9.17, 15) is 5.11 Å². The van der Waals surface area contributed by atoms with Crippen LogP contribution in [0.5, 0.6) is 17.2 Å². The van der Waals surface area contributed by atoms with Gasteiger partial charge in [0.15, 0.2) is 17.2 Å². The molecule has 3 aromatic rings. The van der Waals surface area contributed by atoms with Crippen LogP contribution in [0.2, 0.25) is 0 Å². The van der Waals surface area contributed by atoms with Gasteiger partial charge < -0.3 is 14.6 Å². The monoisotopic (exact) mass is 365 g/mol. The van der Waals surface area contributed by atoms with Crippen LogP contribution in [0.4, 0.5) is 0 Å². The molecule has 1 N–H and O–H groups in total. The number of phenols is 1. The number of methoxy groups -OCH3 is 2. The number of benzene rings is 2. The number of ether oxygens (including phenoxy) is 2. The molecule has 130 valence electrons. The molecule has 0 radical (unpaired) electrons. The van der Waals surface area contributed by atoms with Crippen molar-refractivity contribution in [2.24, 2.45) is 5.10 Å². The van der Waals surface area contributed by atoms with Crippen LogP contribution in [0.15, 0.2) is 52.9 Å². The number of thiazole rings is 1. The van der Waals surface area contributed by atoms with Crippen LogP contribution in [0.25, 0.3) is 15.5 Å². The van der Waals surface area contributed by atoms with Gasteiger partial charge in [0.25, 0.3) is 0 Å². The number of aromatic nitrogens is 1. The normalized spacial score (nSPS) is 11.0. The SMILES string of the molecule is [C-]#[N+]N=C(c1cc(OC)c(O)c(OC)c1)c1csc(-c2ccccc2)n1. The second-order valence-corrected chi connectivity index (χ2v) is 6.04. The molecule has 0 amide bonds. The molecule has 26 heavy (non-hydrogen) atoms. The fraction of sp³-hybridized carbons (Fsp3) is 0.105. The molecule has 2 aromatic carbocycles. The molecular formula is C19H15N3O3S. The van der Waals surface area contributed by atoms with E-state index >= 15 is 0 Å². The van der Waals surface area contributed by atoms with Gasteiger partial charge in [-0.1, -0.05) is 30.3 Å². The summed E-state index contributed by atoms with van der Waals surface area (Å²) in [5.41, 5.74) is 2.51. The van der Waals surface area contributed by atoms with Crippen LogP contribution in [0.1, 0.15) is 11.3 Å². The summed E-state index contributed by atoms with van der Waals surface area (Å²) in [7, 11) is 2.89. The van der Waals surface area contributed by atoms with Crippen LogP contribution in [0.3, 0.4) is 0 Å². The van der Waals surface area contributed by atoms with Crippen molar-refractivity contribution in [3.05, 3.63) is 70.6 Å². The molecule has 1 heterocycles. The second-order valence-electron chi connectivity index (χ2n) is 5.18. The number of rotatable bonds is 5. The number of hydrogen-bond donors (Lipinski definition) is 1. The highest BCUT2D eigenvalue weighted by atomic mass is 32.1. The van der Waals surface area contributed by atoms with Crippen LogP contribution >= 0.6 is 11.3 Å². The minimum Gasteiger partial charge on any atom is -0.502 e. The van der Waals surface area contributed by atoms with Gasteiger partial charge in [-0.05, 0) is 12.1 Å². The zero-order valence-corrected chi connectivity index (χ0v) is 14.9. The fourth-order valence-corrected chi connectivity index (χ4v) is 3.24. The molecule has 3 rings (SSSR count). The van der Waals surface area contributed by atoms with Crippen molar-refractivity contribution in [2.75, 3.05) is 14.2 Å². The van der Waals surface area contributed by atoms with Gasteiger partial charge >= 0.3 is 0 Å². The van der Waals surface area contributed by atoms with Crippen molar-refractivity contribution >= 4 is 17.0 Å². The lowest BCUT2D eigenvalue weighted by molar-refractivity contribution is 0.340. The van der Waals surface area contributed by atoms with E-state index in [0.717, 1.165) is 10.6 Å². The Balaban J connectivity index is 2.09. The molecular weight excluding hydrogens is 350 g/mol. The molecule has 1 aromatic heterocycles. The van der Waals surface area contributed by atoms with Crippen LogP contribution in [-0.2, 0) is 0 Å². The van der Waals surface area contributed by atoms with E-state index in [-0.39, 0.29) is 17.2 Å². The van der Waals surface area contributed by atoms with E-state index in [2.05, 4.69) is 15.0 Å². The molecule has 6 nitrogen and oxygen atoms in total.